The van der Waals surface area contributed by atoms with Crippen molar-refractivity contribution in [2.24, 2.45) is 0 Å². The van der Waals surface area contributed by atoms with E-state index in [4.69, 9.17) is 9.47 Å². The Balaban J connectivity index is 1.09. The highest BCUT2D eigenvalue weighted by Crippen LogP contribution is 2.36. The molecule has 2 fully saturated rings. The van der Waals surface area contributed by atoms with Crippen LogP contribution in [0.5, 0.6) is 5.88 Å². The monoisotopic (exact) mass is 524 g/mol. The van der Waals surface area contributed by atoms with Gasteiger partial charge in [0.15, 0.2) is 5.82 Å². The van der Waals surface area contributed by atoms with E-state index in [1.54, 1.807) is 17.0 Å². The van der Waals surface area contributed by atoms with Gasteiger partial charge in [-0.15, -0.1) is 11.8 Å². The number of cyclic esters (lactones) is 1. The summed E-state index contributed by atoms with van der Waals surface area (Å²) in [4.78, 5) is 37.4. The summed E-state index contributed by atoms with van der Waals surface area (Å²) in [6, 6.07) is 9.15. The zero-order chi connectivity index (χ0) is 25.5. The van der Waals surface area contributed by atoms with Gasteiger partial charge in [-0.1, -0.05) is 0 Å². The molecule has 2 atom stereocenters. The third-order valence-corrected chi connectivity index (χ3v) is 7.82. The maximum atomic E-state index is 14.8. The minimum atomic E-state index is -0.422. The molecular formula is C25H25FN6O4S. The van der Waals surface area contributed by atoms with Gasteiger partial charge in [-0.3, -0.25) is 14.7 Å². The first-order chi connectivity index (χ1) is 18.0. The minimum Gasteiger partial charge on any atom is -0.481 e. The van der Waals surface area contributed by atoms with Crippen molar-refractivity contribution in [1.82, 2.24) is 15.3 Å². The van der Waals surface area contributed by atoms with Crippen LogP contribution in [0.1, 0.15) is 6.42 Å². The van der Waals surface area contributed by atoms with E-state index in [1.165, 1.54) is 25.1 Å². The minimum absolute atomic E-state index is 0.0547. The van der Waals surface area contributed by atoms with Crippen LogP contribution in [0.25, 0.3) is 11.0 Å². The number of halogens is 1. The number of nitrogens with one attached hydrogen (secondary N) is 2. The van der Waals surface area contributed by atoms with Crippen LogP contribution in [0.4, 0.5) is 26.2 Å². The lowest BCUT2D eigenvalue weighted by Gasteiger charge is -2.21. The van der Waals surface area contributed by atoms with Crippen LogP contribution in [0.2, 0.25) is 0 Å². The average Bonchev–Trinajstić information content (AvgIpc) is 3.52. The molecule has 6 rings (SSSR count). The number of rotatable bonds is 6. The Labute approximate surface area is 216 Å². The summed E-state index contributed by atoms with van der Waals surface area (Å²) in [5.74, 6) is 0.316. The molecule has 0 spiro atoms. The van der Waals surface area contributed by atoms with Crippen LogP contribution in [0.3, 0.4) is 0 Å². The fraction of sp³-hybridized carbons (Fsp3) is 0.360. The molecule has 0 aliphatic carbocycles. The highest BCUT2D eigenvalue weighted by atomic mass is 32.2. The van der Waals surface area contributed by atoms with Gasteiger partial charge in [0, 0.05) is 42.3 Å². The second kappa shape index (κ2) is 9.67. The standard InChI is InChI=1S/C25H25FN6O4S/c1-35-22-5-3-18-23(30-22)24(17(26)10-28-18)31-7-6-14(11-31)27-9-16-12-32(25(34)36-16)15-2-4-20-19(8-15)29-21(33)13-37-20/h2-5,8,10,14,16,27H,6-7,9,11-13H2,1H3,(H,29,33). The quantitative estimate of drug-likeness (QED) is 0.503. The van der Waals surface area contributed by atoms with Gasteiger partial charge >= 0.3 is 6.09 Å². The molecule has 3 aliphatic rings. The molecule has 192 valence electrons. The first-order valence-corrected chi connectivity index (χ1v) is 13.0. The number of carbonyl (C=O) groups is 2. The van der Waals surface area contributed by atoms with E-state index in [2.05, 4.69) is 20.6 Å². The predicted molar refractivity (Wildman–Crippen MR) is 138 cm³/mol. The van der Waals surface area contributed by atoms with Gasteiger partial charge in [0.2, 0.25) is 11.8 Å². The number of amides is 2. The van der Waals surface area contributed by atoms with Gasteiger partial charge in [-0.2, -0.15) is 0 Å². The van der Waals surface area contributed by atoms with Crippen molar-refractivity contribution < 1.29 is 23.5 Å². The first-order valence-electron chi connectivity index (χ1n) is 12.0. The Bertz CT molecular complexity index is 1390. The summed E-state index contributed by atoms with van der Waals surface area (Å²) in [6.07, 6.45) is 1.29. The number of hydrogen-bond acceptors (Lipinski definition) is 9. The second-order valence-corrected chi connectivity index (χ2v) is 10.2. The molecule has 5 heterocycles. The number of hydrogen-bond donors (Lipinski definition) is 2. The molecular weight excluding hydrogens is 499 g/mol. The topological polar surface area (TPSA) is 109 Å². The summed E-state index contributed by atoms with van der Waals surface area (Å²) in [5.41, 5.74) is 2.89. The first kappa shape index (κ1) is 23.7. The van der Waals surface area contributed by atoms with Crippen molar-refractivity contribution in [3.05, 3.63) is 42.3 Å². The lowest BCUT2D eigenvalue weighted by Crippen LogP contribution is -2.39. The summed E-state index contributed by atoms with van der Waals surface area (Å²) in [5, 5.41) is 6.33. The van der Waals surface area contributed by atoms with Crippen LogP contribution in [-0.2, 0) is 9.53 Å². The summed E-state index contributed by atoms with van der Waals surface area (Å²) >= 11 is 1.48. The lowest BCUT2D eigenvalue weighted by molar-refractivity contribution is -0.113. The maximum Gasteiger partial charge on any atom is 0.414 e. The van der Waals surface area contributed by atoms with Crippen LogP contribution >= 0.6 is 11.8 Å². The van der Waals surface area contributed by atoms with Crippen molar-refractivity contribution in [3.8, 4) is 5.88 Å². The molecule has 10 nitrogen and oxygen atoms in total. The smallest absolute Gasteiger partial charge is 0.414 e. The van der Waals surface area contributed by atoms with Gasteiger partial charge in [-0.05, 0) is 30.7 Å². The van der Waals surface area contributed by atoms with E-state index in [9.17, 15) is 14.0 Å². The number of fused-ring (bicyclic) bond motifs is 2. The number of pyridine rings is 2. The van der Waals surface area contributed by atoms with Crippen LogP contribution < -0.4 is 25.2 Å². The third-order valence-electron chi connectivity index (χ3n) is 6.75. The Kier molecular flexibility index (Phi) is 6.21. The van der Waals surface area contributed by atoms with E-state index in [-0.39, 0.29) is 18.1 Å². The summed E-state index contributed by atoms with van der Waals surface area (Å²) in [7, 11) is 1.52. The normalized spacial score (nSPS) is 21.2. The van der Waals surface area contributed by atoms with Crippen molar-refractivity contribution >= 4 is 51.9 Å². The van der Waals surface area contributed by atoms with Gasteiger partial charge in [0.25, 0.3) is 0 Å². The van der Waals surface area contributed by atoms with Crippen LogP contribution in [0.15, 0.2) is 41.4 Å². The number of ether oxygens (including phenoxy) is 2. The lowest BCUT2D eigenvalue weighted by atomic mass is 10.2. The highest BCUT2D eigenvalue weighted by molar-refractivity contribution is 8.00. The molecule has 0 saturated carbocycles. The number of benzene rings is 1. The van der Waals surface area contributed by atoms with Gasteiger partial charge in [-0.25, -0.2) is 14.2 Å². The number of thioether (sulfide) groups is 1. The molecule has 37 heavy (non-hydrogen) atoms. The number of carbonyl (C=O) groups excluding carboxylic acids is 2. The maximum absolute atomic E-state index is 14.8. The fourth-order valence-electron chi connectivity index (χ4n) is 4.93. The largest absolute Gasteiger partial charge is 0.481 e. The van der Waals surface area contributed by atoms with Crippen LogP contribution in [0, 0.1) is 5.82 Å². The molecule has 2 saturated heterocycles. The molecule has 12 heteroatoms. The average molecular weight is 525 g/mol. The fourth-order valence-corrected chi connectivity index (χ4v) is 5.72. The number of anilines is 3. The molecule has 0 radical (unpaired) electrons. The zero-order valence-corrected chi connectivity index (χ0v) is 20.9. The molecule has 0 bridgehead atoms. The Hall–Kier alpha value is -3.64. The Morgan fingerprint density at radius 3 is 3.03 bits per heavy atom. The van der Waals surface area contributed by atoms with Crippen LogP contribution in [-0.4, -0.2) is 73.2 Å². The highest BCUT2D eigenvalue weighted by Gasteiger charge is 2.34. The molecule has 2 N–H and O–H groups in total. The second-order valence-electron chi connectivity index (χ2n) is 9.15. The number of methoxy groups -OCH3 is 1. The number of nitrogens with zero attached hydrogens (tertiary/aromatic N) is 4. The Morgan fingerprint density at radius 2 is 2.16 bits per heavy atom. The van der Waals surface area contributed by atoms with Gasteiger partial charge < -0.3 is 25.0 Å². The van der Waals surface area contributed by atoms with E-state index in [0.717, 1.165) is 11.3 Å². The van der Waals surface area contributed by atoms with E-state index >= 15 is 0 Å². The molecule has 3 aromatic rings. The SMILES string of the molecule is COc1ccc2ncc(F)c(N3CCC(NCC4CN(c5ccc6c(c5)NC(=O)CS6)C(=O)O4)C3)c2n1. The third kappa shape index (κ3) is 4.62. The van der Waals surface area contributed by atoms with Gasteiger partial charge in [0.1, 0.15) is 17.3 Å². The van der Waals surface area contributed by atoms with Crippen molar-refractivity contribution in [1.29, 1.82) is 0 Å². The Morgan fingerprint density at radius 1 is 1.27 bits per heavy atom. The predicted octanol–water partition coefficient (Wildman–Crippen LogP) is 3.02. The molecule has 2 amide bonds. The van der Waals surface area contributed by atoms with E-state index in [0.29, 0.717) is 65.9 Å². The molecule has 2 aromatic heterocycles. The van der Waals surface area contributed by atoms with E-state index in [1.807, 2.05) is 23.1 Å². The van der Waals surface area contributed by atoms with E-state index < -0.39 is 11.9 Å². The molecule has 3 aliphatic heterocycles. The van der Waals surface area contributed by atoms with Gasteiger partial charge in [0.05, 0.1) is 36.8 Å². The zero-order valence-electron chi connectivity index (χ0n) is 20.1. The summed E-state index contributed by atoms with van der Waals surface area (Å²) < 4.78 is 25.7. The molecule has 2 unspecified atom stereocenters. The summed E-state index contributed by atoms with van der Waals surface area (Å²) in [6.45, 7) is 2.11. The van der Waals surface area contributed by atoms with Crippen molar-refractivity contribution in [3.63, 3.8) is 0 Å². The molecule has 1 aromatic carbocycles. The van der Waals surface area contributed by atoms with Crippen molar-refractivity contribution in [2.45, 2.75) is 23.5 Å². The number of aromatic nitrogens is 2. The van der Waals surface area contributed by atoms with Crippen molar-refractivity contribution in [2.75, 3.05) is 54.2 Å².